The zero-order valence-corrected chi connectivity index (χ0v) is 14.4. The molecule has 0 heterocycles. The third-order valence-corrected chi connectivity index (χ3v) is 5.78. The highest BCUT2D eigenvalue weighted by Gasteiger charge is 2.25. The van der Waals surface area contributed by atoms with Crippen LogP contribution in [0.15, 0.2) is 53.4 Å². The largest absolute Gasteiger partial charge is 0.243 e. The molecule has 0 saturated heterocycles. The Kier molecular flexibility index (Phi) is 6.03. The van der Waals surface area contributed by atoms with Gasteiger partial charge in [-0.05, 0) is 23.8 Å². The summed E-state index contributed by atoms with van der Waals surface area (Å²) in [4.78, 5) is 0.0563. The molecule has 0 aliphatic rings. The average molecular weight is 369 g/mol. The molecule has 0 aliphatic carbocycles. The molecule has 0 fully saturated rings. The van der Waals surface area contributed by atoms with Gasteiger partial charge in [-0.25, -0.2) is 8.42 Å². The van der Waals surface area contributed by atoms with Gasteiger partial charge in [-0.1, -0.05) is 53.5 Å². The number of sulfonamides is 1. The predicted molar refractivity (Wildman–Crippen MR) is 90.7 cm³/mol. The summed E-state index contributed by atoms with van der Waals surface area (Å²) in [6.45, 7) is 0.291. The van der Waals surface area contributed by atoms with Gasteiger partial charge >= 0.3 is 0 Å². The van der Waals surface area contributed by atoms with Crippen molar-refractivity contribution in [3.8, 4) is 6.07 Å². The zero-order valence-electron chi connectivity index (χ0n) is 12.1. The minimum absolute atomic E-state index is 0.0563. The van der Waals surface area contributed by atoms with E-state index in [0.29, 0.717) is 0 Å². The highest BCUT2D eigenvalue weighted by molar-refractivity contribution is 7.89. The van der Waals surface area contributed by atoms with Gasteiger partial charge in [0.05, 0.1) is 21.0 Å². The standard InChI is InChI=1S/C16H14Cl2N2O2S/c17-15-8-7-14(11-16(15)18)23(21,22)20(10-4-9-19)12-13-5-2-1-3-6-13/h1-3,5-8,11H,4,10,12H2. The molecule has 0 N–H and O–H groups in total. The van der Waals surface area contributed by atoms with E-state index in [1.165, 1.54) is 22.5 Å². The van der Waals surface area contributed by atoms with Gasteiger partial charge in [0.1, 0.15) is 0 Å². The van der Waals surface area contributed by atoms with E-state index in [1.54, 1.807) is 0 Å². The van der Waals surface area contributed by atoms with Gasteiger partial charge in [0.25, 0.3) is 0 Å². The minimum Gasteiger partial charge on any atom is -0.207 e. The molecule has 0 unspecified atom stereocenters. The van der Waals surface area contributed by atoms with Crippen molar-refractivity contribution in [2.75, 3.05) is 6.54 Å². The van der Waals surface area contributed by atoms with Crippen LogP contribution in [0.5, 0.6) is 0 Å². The summed E-state index contributed by atoms with van der Waals surface area (Å²) < 4.78 is 26.9. The molecule has 0 aliphatic heterocycles. The van der Waals surface area contributed by atoms with Crippen molar-refractivity contribution in [1.29, 1.82) is 5.26 Å². The Hall–Kier alpha value is -1.58. The molecular formula is C16H14Cl2N2O2S. The lowest BCUT2D eigenvalue weighted by atomic mass is 10.2. The summed E-state index contributed by atoms with van der Waals surface area (Å²) >= 11 is 11.8. The first-order valence-corrected chi connectivity index (χ1v) is 9.01. The van der Waals surface area contributed by atoms with Crippen molar-refractivity contribution in [3.63, 3.8) is 0 Å². The van der Waals surface area contributed by atoms with Crippen LogP contribution in [0, 0.1) is 11.3 Å². The van der Waals surface area contributed by atoms with Gasteiger partial charge in [0.15, 0.2) is 0 Å². The molecule has 0 bridgehead atoms. The maximum absolute atomic E-state index is 12.8. The van der Waals surface area contributed by atoms with Crippen molar-refractivity contribution >= 4 is 33.2 Å². The van der Waals surface area contributed by atoms with Crippen LogP contribution in [0.2, 0.25) is 10.0 Å². The zero-order chi connectivity index (χ0) is 16.9. The first-order valence-electron chi connectivity index (χ1n) is 6.81. The highest BCUT2D eigenvalue weighted by atomic mass is 35.5. The lowest BCUT2D eigenvalue weighted by Gasteiger charge is -2.21. The van der Waals surface area contributed by atoms with E-state index >= 15 is 0 Å². The van der Waals surface area contributed by atoms with E-state index in [1.807, 2.05) is 36.4 Å². The fraction of sp³-hybridized carbons (Fsp3) is 0.188. The Morgan fingerprint density at radius 2 is 1.74 bits per heavy atom. The average Bonchev–Trinajstić information content (AvgIpc) is 2.54. The second-order valence-corrected chi connectivity index (χ2v) is 7.56. The van der Waals surface area contributed by atoms with Gasteiger partial charge in [-0.2, -0.15) is 9.57 Å². The summed E-state index contributed by atoms with van der Waals surface area (Å²) in [6, 6.07) is 15.4. The summed E-state index contributed by atoms with van der Waals surface area (Å²) in [7, 11) is -3.77. The SMILES string of the molecule is N#CCCN(Cc1ccccc1)S(=O)(=O)c1ccc(Cl)c(Cl)c1. The van der Waals surface area contributed by atoms with Gasteiger partial charge in [0, 0.05) is 19.5 Å². The molecule has 0 spiro atoms. The third-order valence-electron chi connectivity index (χ3n) is 3.20. The first-order chi connectivity index (χ1) is 10.9. The van der Waals surface area contributed by atoms with Crippen LogP contribution in [-0.4, -0.2) is 19.3 Å². The number of rotatable bonds is 6. The molecule has 2 rings (SSSR count). The van der Waals surface area contributed by atoms with Crippen LogP contribution >= 0.6 is 23.2 Å². The second-order valence-electron chi connectivity index (χ2n) is 4.81. The molecule has 7 heteroatoms. The molecule has 2 aromatic rings. The smallest absolute Gasteiger partial charge is 0.207 e. The lowest BCUT2D eigenvalue weighted by Crippen LogP contribution is -2.31. The Morgan fingerprint density at radius 1 is 1.04 bits per heavy atom. The first kappa shape index (κ1) is 17.8. The summed E-state index contributed by atoms with van der Waals surface area (Å²) in [6.07, 6.45) is 0.105. The maximum atomic E-state index is 12.8. The van der Waals surface area contributed by atoms with E-state index in [2.05, 4.69) is 0 Å². The van der Waals surface area contributed by atoms with Crippen LogP contribution in [0.1, 0.15) is 12.0 Å². The highest BCUT2D eigenvalue weighted by Crippen LogP contribution is 2.27. The van der Waals surface area contributed by atoms with E-state index in [4.69, 9.17) is 28.5 Å². The third kappa shape index (κ3) is 4.46. The Balaban J connectivity index is 2.36. The fourth-order valence-electron chi connectivity index (χ4n) is 2.03. The molecule has 0 atom stereocenters. The van der Waals surface area contributed by atoms with E-state index in [9.17, 15) is 8.42 Å². The van der Waals surface area contributed by atoms with Crippen LogP contribution in [0.25, 0.3) is 0 Å². The molecule has 0 aromatic heterocycles. The van der Waals surface area contributed by atoms with Crippen molar-refractivity contribution in [1.82, 2.24) is 4.31 Å². The summed E-state index contributed by atoms with van der Waals surface area (Å²) in [5.74, 6) is 0. The van der Waals surface area contributed by atoms with Crippen LogP contribution in [-0.2, 0) is 16.6 Å². The van der Waals surface area contributed by atoms with Gasteiger partial charge in [-0.3, -0.25) is 0 Å². The number of nitriles is 1. The normalized spacial score (nSPS) is 11.4. The van der Waals surface area contributed by atoms with Crippen molar-refractivity contribution in [2.45, 2.75) is 17.9 Å². The van der Waals surface area contributed by atoms with Gasteiger partial charge in [-0.15, -0.1) is 0 Å². The van der Waals surface area contributed by atoms with Crippen molar-refractivity contribution in [3.05, 3.63) is 64.1 Å². The summed E-state index contributed by atoms with van der Waals surface area (Å²) in [5, 5.41) is 9.25. The lowest BCUT2D eigenvalue weighted by molar-refractivity contribution is 0.413. The van der Waals surface area contributed by atoms with Crippen LogP contribution in [0.3, 0.4) is 0 Å². The number of nitrogens with zero attached hydrogens (tertiary/aromatic N) is 2. The number of benzene rings is 2. The van der Waals surface area contributed by atoms with Gasteiger partial charge < -0.3 is 0 Å². The molecule has 120 valence electrons. The van der Waals surface area contributed by atoms with Crippen LogP contribution in [0.4, 0.5) is 0 Å². The molecule has 0 radical (unpaired) electrons. The van der Waals surface area contributed by atoms with Crippen molar-refractivity contribution in [2.24, 2.45) is 0 Å². The minimum atomic E-state index is -3.77. The Morgan fingerprint density at radius 3 is 2.35 bits per heavy atom. The molecular weight excluding hydrogens is 355 g/mol. The quantitative estimate of drug-likeness (QED) is 0.770. The Labute approximate surface area is 145 Å². The monoisotopic (exact) mass is 368 g/mol. The molecule has 4 nitrogen and oxygen atoms in total. The molecule has 2 aromatic carbocycles. The number of halogens is 2. The molecule has 23 heavy (non-hydrogen) atoms. The van der Waals surface area contributed by atoms with Gasteiger partial charge in [0.2, 0.25) is 10.0 Å². The topological polar surface area (TPSA) is 61.2 Å². The van der Waals surface area contributed by atoms with Crippen molar-refractivity contribution < 1.29 is 8.42 Å². The van der Waals surface area contributed by atoms with Crippen LogP contribution < -0.4 is 0 Å². The summed E-state index contributed by atoms with van der Waals surface area (Å²) in [5.41, 5.74) is 0.842. The fourth-order valence-corrected chi connectivity index (χ4v) is 3.85. The Bertz CT molecular complexity index is 818. The van der Waals surface area contributed by atoms with E-state index in [0.717, 1.165) is 5.56 Å². The predicted octanol–water partition coefficient (Wildman–Crippen LogP) is 4.10. The molecule has 0 saturated carbocycles. The second kappa shape index (κ2) is 7.80. The number of hydrogen-bond acceptors (Lipinski definition) is 3. The maximum Gasteiger partial charge on any atom is 0.243 e. The molecule has 0 amide bonds. The van der Waals surface area contributed by atoms with E-state index < -0.39 is 10.0 Å². The van der Waals surface area contributed by atoms with E-state index in [-0.39, 0.29) is 34.5 Å². The number of hydrogen-bond donors (Lipinski definition) is 0.